The molecule has 0 spiro atoms. The van der Waals surface area contributed by atoms with E-state index in [1.807, 2.05) is 36.4 Å². The van der Waals surface area contributed by atoms with Crippen LogP contribution in [0.1, 0.15) is 28.8 Å². The molecule has 1 N–H and O–H groups in total. The molecule has 0 aliphatic carbocycles. The fourth-order valence-corrected chi connectivity index (χ4v) is 3.48. The molecule has 0 radical (unpaired) electrons. The van der Waals surface area contributed by atoms with Crippen molar-refractivity contribution in [2.75, 3.05) is 26.2 Å². The Morgan fingerprint density at radius 1 is 0.879 bits per heavy atom. The topological polar surface area (TPSA) is 84.7 Å². The number of hydrogen-bond donors (Lipinski definition) is 1. The van der Waals surface area contributed by atoms with Crippen LogP contribution in [0.5, 0.6) is 5.75 Å². The van der Waals surface area contributed by atoms with E-state index in [1.165, 1.54) is 11.6 Å². The van der Waals surface area contributed by atoms with Gasteiger partial charge in [0.2, 0.25) is 0 Å². The van der Waals surface area contributed by atoms with Gasteiger partial charge in [-0.15, -0.1) is 0 Å². The third-order valence-corrected chi connectivity index (χ3v) is 5.20. The van der Waals surface area contributed by atoms with Gasteiger partial charge < -0.3 is 10.1 Å². The molecule has 0 aliphatic rings. The third-order valence-electron chi connectivity index (χ3n) is 5.20. The van der Waals surface area contributed by atoms with Gasteiger partial charge in [0.1, 0.15) is 6.61 Å². The number of amides is 1. The number of ether oxygens (including phenoxy) is 1. The highest BCUT2D eigenvalue weighted by atomic mass is 16.6. The maximum absolute atomic E-state index is 12.1. The number of nitrogens with zero attached hydrogens (tertiary/aromatic N) is 2. The van der Waals surface area contributed by atoms with Crippen molar-refractivity contribution in [1.82, 2.24) is 10.2 Å². The Balaban J connectivity index is 1.47. The number of nitrogens with one attached hydrogen (secondary N) is 1. The number of benzene rings is 3. The number of para-hydroxylation sites is 2. The van der Waals surface area contributed by atoms with E-state index in [1.54, 1.807) is 30.3 Å². The van der Waals surface area contributed by atoms with E-state index in [2.05, 4.69) is 22.3 Å². The summed E-state index contributed by atoms with van der Waals surface area (Å²) >= 11 is 0. The van der Waals surface area contributed by atoms with E-state index in [0.29, 0.717) is 25.3 Å². The summed E-state index contributed by atoms with van der Waals surface area (Å²) in [6.45, 7) is 3.19. The van der Waals surface area contributed by atoms with Gasteiger partial charge in [0, 0.05) is 31.3 Å². The standard InChI is InChI=1S/C26H29N3O4/c30-26(23-13-5-2-6-14-23)27-17-9-10-18-28(21-22-11-3-1-4-12-22)19-20-33-25-16-8-7-15-24(25)29(31)32/h1-8,11-16H,9-10,17-21H2,(H,27,30). The molecule has 0 aromatic heterocycles. The molecule has 7 nitrogen and oxygen atoms in total. The van der Waals surface area contributed by atoms with Crippen LogP contribution in [0.25, 0.3) is 0 Å². The van der Waals surface area contributed by atoms with E-state index in [0.717, 1.165) is 25.9 Å². The molecule has 3 aromatic rings. The highest BCUT2D eigenvalue weighted by Gasteiger charge is 2.14. The zero-order valence-corrected chi connectivity index (χ0v) is 18.6. The molecule has 0 atom stereocenters. The summed E-state index contributed by atoms with van der Waals surface area (Å²) in [5.41, 5.74) is 1.83. The molecule has 0 unspecified atom stereocenters. The highest BCUT2D eigenvalue weighted by molar-refractivity contribution is 5.94. The smallest absolute Gasteiger partial charge is 0.310 e. The lowest BCUT2D eigenvalue weighted by molar-refractivity contribution is -0.385. The first-order chi connectivity index (χ1) is 16.1. The predicted molar refractivity (Wildman–Crippen MR) is 128 cm³/mol. The fraction of sp³-hybridized carbons (Fsp3) is 0.269. The lowest BCUT2D eigenvalue weighted by atomic mass is 10.2. The highest BCUT2D eigenvalue weighted by Crippen LogP contribution is 2.25. The van der Waals surface area contributed by atoms with Gasteiger partial charge in [-0.2, -0.15) is 0 Å². The summed E-state index contributed by atoms with van der Waals surface area (Å²) in [6, 6.07) is 25.8. The van der Waals surface area contributed by atoms with Crippen molar-refractivity contribution in [2.45, 2.75) is 19.4 Å². The van der Waals surface area contributed by atoms with E-state index in [9.17, 15) is 14.9 Å². The molecule has 0 saturated carbocycles. The molecule has 3 aromatic carbocycles. The summed E-state index contributed by atoms with van der Waals surface area (Å²) in [7, 11) is 0. The molecule has 0 bridgehead atoms. The molecule has 1 amide bonds. The number of carbonyl (C=O) groups is 1. The maximum Gasteiger partial charge on any atom is 0.310 e. The van der Waals surface area contributed by atoms with Gasteiger partial charge in [-0.05, 0) is 43.1 Å². The van der Waals surface area contributed by atoms with Crippen LogP contribution in [0, 0.1) is 10.1 Å². The lowest BCUT2D eigenvalue weighted by Gasteiger charge is -2.22. The SMILES string of the molecule is O=C(NCCCCN(CCOc1ccccc1[N+](=O)[O-])Cc1ccccc1)c1ccccc1. The molecule has 0 aliphatic heterocycles. The average molecular weight is 448 g/mol. The van der Waals surface area contributed by atoms with Crippen LogP contribution < -0.4 is 10.1 Å². The van der Waals surface area contributed by atoms with Crippen LogP contribution in [0.4, 0.5) is 5.69 Å². The molecule has 7 heteroatoms. The van der Waals surface area contributed by atoms with Gasteiger partial charge in [0.05, 0.1) is 4.92 Å². The van der Waals surface area contributed by atoms with E-state index < -0.39 is 4.92 Å². The number of carbonyl (C=O) groups excluding carboxylic acids is 1. The van der Waals surface area contributed by atoms with Gasteiger partial charge in [-0.1, -0.05) is 60.7 Å². The fourth-order valence-electron chi connectivity index (χ4n) is 3.48. The van der Waals surface area contributed by atoms with Crippen molar-refractivity contribution in [3.63, 3.8) is 0 Å². The van der Waals surface area contributed by atoms with Crippen LogP contribution >= 0.6 is 0 Å². The van der Waals surface area contributed by atoms with Crippen LogP contribution in [0.15, 0.2) is 84.9 Å². The van der Waals surface area contributed by atoms with Crippen molar-refractivity contribution in [3.05, 3.63) is 106 Å². The van der Waals surface area contributed by atoms with Crippen LogP contribution in [0.3, 0.4) is 0 Å². The maximum atomic E-state index is 12.1. The average Bonchev–Trinajstić information content (AvgIpc) is 2.85. The van der Waals surface area contributed by atoms with Crippen LogP contribution in [0.2, 0.25) is 0 Å². The van der Waals surface area contributed by atoms with E-state index in [4.69, 9.17) is 4.74 Å². The van der Waals surface area contributed by atoms with Gasteiger partial charge in [-0.3, -0.25) is 19.8 Å². The Kier molecular flexibility index (Phi) is 9.42. The Bertz CT molecular complexity index is 1010. The molecular weight excluding hydrogens is 418 g/mol. The van der Waals surface area contributed by atoms with Gasteiger partial charge in [0.15, 0.2) is 5.75 Å². The van der Waals surface area contributed by atoms with Crippen molar-refractivity contribution >= 4 is 11.6 Å². The summed E-state index contributed by atoms with van der Waals surface area (Å²) in [5.74, 6) is 0.223. The second-order valence-corrected chi connectivity index (χ2v) is 7.66. The van der Waals surface area contributed by atoms with E-state index >= 15 is 0 Å². The first-order valence-corrected chi connectivity index (χ1v) is 11.1. The third kappa shape index (κ3) is 8.05. The number of nitro benzene ring substituents is 1. The Morgan fingerprint density at radius 3 is 2.27 bits per heavy atom. The first kappa shape index (κ1) is 23.9. The second-order valence-electron chi connectivity index (χ2n) is 7.66. The normalized spacial score (nSPS) is 10.7. The minimum atomic E-state index is -0.430. The van der Waals surface area contributed by atoms with Crippen LogP contribution in [-0.4, -0.2) is 42.0 Å². The van der Waals surface area contributed by atoms with E-state index in [-0.39, 0.29) is 17.3 Å². The number of hydrogen-bond acceptors (Lipinski definition) is 5. The summed E-state index contributed by atoms with van der Waals surface area (Å²) in [5, 5.41) is 14.1. The minimum Gasteiger partial charge on any atom is -0.485 e. The van der Waals surface area contributed by atoms with Crippen LogP contribution in [-0.2, 0) is 6.54 Å². The first-order valence-electron chi connectivity index (χ1n) is 11.1. The molecule has 33 heavy (non-hydrogen) atoms. The largest absolute Gasteiger partial charge is 0.485 e. The zero-order chi connectivity index (χ0) is 23.3. The number of unbranched alkanes of at least 4 members (excludes halogenated alkanes) is 1. The lowest BCUT2D eigenvalue weighted by Crippen LogP contribution is -2.30. The molecule has 0 heterocycles. The quantitative estimate of drug-likeness (QED) is 0.234. The molecule has 172 valence electrons. The summed E-state index contributed by atoms with van der Waals surface area (Å²) in [6.07, 6.45) is 1.77. The van der Waals surface area contributed by atoms with Crippen molar-refractivity contribution < 1.29 is 14.5 Å². The molecule has 0 saturated heterocycles. The molecule has 3 rings (SSSR count). The van der Waals surface area contributed by atoms with Gasteiger partial charge in [-0.25, -0.2) is 0 Å². The zero-order valence-electron chi connectivity index (χ0n) is 18.6. The summed E-state index contributed by atoms with van der Waals surface area (Å²) in [4.78, 5) is 25.2. The van der Waals surface area contributed by atoms with Crippen molar-refractivity contribution in [3.8, 4) is 5.75 Å². The number of rotatable bonds is 13. The van der Waals surface area contributed by atoms with Gasteiger partial charge in [0.25, 0.3) is 5.91 Å². The van der Waals surface area contributed by atoms with Gasteiger partial charge >= 0.3 is 5.69 Å². The second kappa shape index (κ2) is 13.0. The molecular formula is C26H29N3O4. The monoisotopic (exact) mass is 447 g/mol. The van der Waals surface area contributed by atoms with Crippen molar-refractivity contribution in [1.29, 1.82) is 0 Å². The Labute approximate surface area is 194 Å². The number of nitro groups is 1. The predicted octanol–water partition coefficient (Wildman–Crippen LogP) is 4.69. The Morgan fingerprint density at radius 2 is 1.55 bits per heavy atom. The Hall–Kier alpha value is -3.71. The summed E-state index contributed by atoms with van der Waals surface area (Å²) < 4.78 is 5.73. The van der Waals surface area contributed by atoms with Crippen molar-refractivity contribution in [2.24, 2.45) is 0 Å². The molecule has 0 fully saturated rings. The minimum absolute atomic E-state index is 0.0266.